The third kappa shape index (κ3) is 5.14. The van der Waals surface area contributed by atoms with Gasteiger partial charge in [0.2, 0.25) is 0 Å². The van der Waals surface area contributed by atoms with E-state index in [1.165, 1.54) is 22.4 Å². The molecule has 0 atom stereocenters. The fourth-order valence-corrected chi connectivity index (χ4v) is 5.94. The van der Waals surface area contributed by atoms with Crippen molar-refractivity contribution in [1.29, 1.82) is 0 Å². The minimum absolute atomic E-state index is 0.202. The number of benzene rings is 4. The van der Waals surface area contributed by atoms with Crippen LogP contribution < -0.4 is 0 Å². The van der Waals surface area contributed by atoms with Crippen molar-refractivity contribution in [1.82, 2.24) is 19.3 Å². The maximum atomic E-state index is 10.5. The average Bonchev–Trinajstić information content (AvgIpc) is 3.57. The molecule has 2 aromatic heterocycles. The topological polar surface area (TPSA) is 55.9 Å². The SMILES string of the molecule is Cc1cc(-c2cccc(-c3nc4ccccc4n3-c3c(C(C)C)cc(C(C)C)cc3C(C)C)c2)nn1-c1ccccc1O. The van der Waals surface area contributed by atoms with Gasteiger partial charge in [-0.1, -0.05) is 96.1 Å². The number of aromatic nitrogens is 4. The molecule has 0 radical (unpaired) electrons. The van der Waals surface area contributed by atoms with Gasteiger partial charge < -0.3 is 5.11 Å². The molecule has 218 valence electrons. The standard InChI is InChI=1S/C38H40N4O/c1-23(2)29-21-30(24(3)4)37(31(22-29)25(5)6)41-34-16-9-8-15-32(34)39-38(41)28-14-12-13-27(20-28)33-19-26(7)42(40-33)35-17-10-11-18-36(35)43/h8-25,43H,1-7H3. The lowest BCUT2D eigenvalue weighted by molar-refractivity contribution is 0.470. The van der Waals surface area contributed by atoms with Crippen LogP contribution in [0.5, 0.6) is 5.75 Å². The number of para-hydroxylation sites is 4. The van der Waals surface area contributed by atoms with E-state index in [2.05, 4.69) is 113 Å². The summed E-state index contributed by atoms with van der Waals surface area (Å²) in [5.74, 6) is 2.25. The van der Waals surface area contributed by atoms with Gasteiger partial charge in [0.15, 0.2) is 0 Å². The van der Waals surface area contributed by atoms with Crippen molar-refractivity contribution >= 4 is 11.0 Å². The molecule has 2 heterocycles. The third-order valence-corrected chi connectivity index (χ3v) is 8.30. The van der Waals surface area contributed by atoms with E-state index in [0.29, 0.717) is 23.4 Å². The van der Waals surface area contributed by atoms with Gasteiger partial charge in [-0.05, 0) is 77.8 Å². The molecule has 0 aliphatic carbocycles. The Labute approximate surface area is 254 Å². The summed E-state index contributed by atoms with van der Waals surface area (Å²) in [6, 6.07) is 31.1. The first-order valence-electron chi connectivity index (χ1n) is 15.3. The first-order chi connectivity index (χ1) is 20.6. The van der Waals surface area contributed by atoms with E-state index in [-0.39, 0.29) is 5.75 Å². The lowest BCUT2D eigenvalue weighted by atomic mass is 9.87. The van der Waals surface area contributed by atoms with Gasteiger partial charge in [-0.25, -0.2) is 9.67 Å². The Morgan fingerprint density at radius 2 is 1.33 bits per heavy atom. The Morgan fingerprint density at radius 1 is 0.674 bits per heavy atom. The molecule has 5 nitrogen and oxygen atoms in total. The van der Waals surface area contributed by atoms with Crippen LogP contribution in [0.3, 0.4) is 0 Å². The highest BCUT2D eigenvalue weighted by atomic mass is 16.3. The second kappa shape index (κ2) is 11.2. The van der Waals surface area contributed by atoms with Crippen molar-refractivity contribution in [3.05, 3.63) is 113 Å². The zero-order valence-electron chi connectivity index (χ0n) is 26.1. The Kier molecular flexibility index (Phi) is 7.43. The molecule has 0 saturated carbocycles. The molecule has 0 bridgehead atoms. The summed E-state index contributed by atoms with van der Waals surface area (Å²) in [6.07, 6.45) is 0. The van der Waals surface area contributed by atoms with Gasteiger partial charge in [0.05, 0.1) is 22.4 Å². The number of hydrogen-bond donors (Lipinski definition) is 1. The first kappa shape index (κ1) is 28.5. The number of imidazole rings is 1. The predicted octanol–water partition coefficient (Wildman–Crippen LogP) is 9.93. The van der Waals surface area contributed by atoms with Gasteiger partial charge in [-0.15, -0.1) is 0 Å². The van der Waals surface area contributed by atoms with E-state index in [1.807, 2.05) is 25.1 Å². The number of phenols is 1. The number of fused-ring (bicyclic) bond motifs is 1. The second-order valence-corrected chi connectivity index (χ2v) is 12.4. The lowest BCUT2D eigenvalue weighted by Crippen LogP contribution is -2.10. The number of aromatic hydroxyl groups is 1. The monoisotopic (exact) mass is 568 g/mol. The first-order valence-corrected chi connectivity index (χ1v) is 15.3. The van der Waals surface area contributed by atoms with Gasteiger partial charge in [-0.2, -0.15) is 5.10 Å². The molecular formula is C38H40N4O. The van der Waals surface area contributed by atoms with Gasteiger partial charge in [0, 0.05) is 16.8 Å². The molecule has 5 heteroatoms. The minimum Gasteiger partial charge on any atom is -0.506 e. The molecule has 0 spiro atoms. The largest absolute Gasteiger partial charge is 0.506 e. The van der Waals surface area contributed by atoms with E-state index >= 15 is 0 Å². The highest BCUT2D eigenvalue weighted by Crippen LogP contribution is 2.40. The van der Waals surface area contributed by atoms with Gasteiger partial charge >= 0.3 is 0 Å². The summed E-state index contributed by atoms with van der Waals surface area (Å²) in [4.78, 5) is 5.24. The zero-order valence-corrected chi connectivity index (χ0v) is 26.1. The lowest BCUT2D eigenvalue weighted by Gasteiger charge is -2.25. The zero-order chi connectivity index (χ0) is 30.4. The fraction of sp³-hybridized carbons (Fsp3) is 0.263. The van der Waals surface area contributed by atoms with Crippen molar-refractivity contribution < 1.29 is 5.11 Å². The van der Waals surface area contributed by atoms with E-state index < -0.39 is 0 Å². The van der Waals surface area contributed by atoms with Crippen LogP contribution in [0.25, 0.3) is 45.1 Å². The van der Waals surface area contributed by atoms with Crippen LogP contribution in [0.1, 0.15) is 81.7 Å². The van der Waals surface area contributed by atoms with Crippen LogP contribution in [0.15, 0.2) is 91.0 Å². The molecule has 1 N–H and O–H groups in total. The second-order valence-electron chi connectivity index (χ2n) is 12.4. The van der Waals surface area contributed by atoms with E-state index in [9.17, 15) is 5.11 Å². The van der Waals surface area contributed by atoms with Crippen LogP contribution in [0.2, 0.25) is 0 Å². The Morgan fingerprint density at radius 3 is 2.00 bits per heavy atom. The predicted molar refractivity (Wildman–Crippen MR) is 178 cm³/mol. The van der Waals surface area contributed by atoms with Crippen LogP contribution in [0.4, 0.5) is 0 Å². The summed E-state index contributed by atoms with van der Waals surface area (Å²) in [5.41, 5.74) is 11.8. The summed E-state index contributed by atoms with van der Waals surface area (Å²) in [6.45, 7) is 15.7. The Bertz CT molecular complexity index is 1910. The average molecular weight is 569 g/mol. The van der Waals surface area contributed by atoms with Gasteiger partial charge in [0.1, 0.15) is 17.3 Å². The van der Waals surface area contributed by atoms with Gasteiger partial charge in [-0.3, -0.25) is 4.57 Å². The highest BCUT2D eigenvalue weighted by molar-refractivity contribution is 5.85. The Balaban J connectivity index is 1.58. The number of nitrogens with zero attached hydrogens (tertiary/aromatic N) is 4. The van der Waals surface area contributed by atoms with Crippen LogP contribution in [-0.2, 0) is 0 Å². The fourth-order valence-electron chi connectivity index (χ4n) is 5.94. The van der Waals surface area contributed by atoms with E-state index in [0.717, 1.165) is 39.4 Å². The normalized spacial score (nSPS) is 11.9. The molecule has 0 unspecified atom stereocenters. The molecule has 0 fully saturated rings. The molecule has 0 aliphatic rings. The molecule has 43 heavy (non-hydrogen) atoms. The van der Waals surface area contributed by atoms with Crippen LogP contribution >= 0.6 is 0 Å². The maximum Gasteiger partial charge on any atom is 0.145 e. The van der Waals surface area contributed by atoms with Crippen molar-refractivity contribution in [2.75, 3.05) is 0 Å². The van der Waals surface area contributed by atoms with E-state index in [4.69, 9.17) is 10.1 Å². The van der Waals surface area contributed by atoms with E-state index in [1.54, 1.807) is 10.7 Å². The number of hydrogen-bond acceptors (Lipinski definition) is 3. The summed E-state index contributed by atoms with van der Waals surface area (Å²) < 4.78 is 4.18. The van der Waals surface area contributed by atoms with Gasteiger partial charge in [0.25, 0.3) is 0 Å². The van der Waals surface area contributed by atoms with Crippen molar-refractivity contribution in [3.63, 3.8) is 0 Å². The molecule has 0 aliphatic heterocycles. The number of rotatable bonds is 7. The van der Waals surface area contributed by atoms with Crippen LogP contribution in [-0.4, -0.2) is 24.4 Å². The van der Waals surface area contributed by atoms with Crippen LogP contribution in [0, 0.1) is 6.92 Å². The maximum absolute atomic E-state index is 10.5. The van der Waals surface area contributed by atoms with Crippen molar-refractivity contribution in [3.8, 4) is 39.8 Å². The minimum atomic E-state index is 0.202. The molecule has 6 rings (SSSR count). The quantitative estimate of drug-likeness (QED) is 0.208. The van der Waals surface area contributed by atoms with Crippen molar-refractivity contribution in [2.45, 2.75) is 66.2 Å². The molecule has 0 saturated heterocycles. The summed E-state index contributed by atoms with van der Waals surface area (Å²) in [5, 5.41) is 15.4. The molecule has 4 aromatic carbocycles. The number of aryl methyl sites for hydroxylation is 1. The van der Waals surface area contributed by atoms with Crippen molar-refractivity contribution in [2.24, 2.45) is 0 Å². The smallest absolute Gasteiger partial charge is 0.145 e. The molecular weight excluding hydrogens is 528 g/mol. The summed E-state index contributed by atoms with van der Waals surface area (Å²) in [7, 11) is 0. The molecule has 6 aromatic rings. The Hall–Kier alpha value is -4.64. The number of phenolic OH excluding ortho intramolecular Hbond substituents is 1. The summed E-state index contributed by atoms with van der Waals surface area (Å²) >= 11 is 0. The highest BCUT2D eigenvalue weighted by Gasteiger charge is 2.24. The third-order valence-electron chi connectivity index (χ3n) is 8.30. The molecule has 0 amide bonds.